The fourth-order valence-corrected chi connectivity index (χ4v) is 3.27. The zero-order chi connectivity index (χ0) is 15.3. The van der Waals surface area contributed by atoms with E-state index in [2.05, 4.69) is 56.2 Å². The summed E-state index contributed by atoms with van der Waals surface area (Å²) in [6, 6.07) is 6.78. The second-order valence-electron chi connectivity index (χ2n) is 6.68. The number of ether oxygens (including phenoxy) is 1. The predicted molar refractivity (Wildman–Crippen MR) is 90.2 cm³/mol. The van der Waals surface area contributed by atoms with E-state index in [1.807, 2.05) is 0 Å². The zero-order valence-corrected chi connectivity index (χ0v) is 14.0. The molecule has 0 amide bonds. The van der Waals surface area contributed by atoms with E-state index in [9.17, 15) is 0 Å². The first-order valence-corrected chi connectivity index (χ1v) is 8.12. The summed E-state index contributed by atoms with van der Waals surface area (Å²) in [5.74, 6) is 0. The van der Waals surface area contributed by atoms with Crippen molar-refractivity contribution >= 4 is 5.69 Å². The molecule has 1 aromatic carbocycles. The van der Waals surface area contributed by atoms with Gasteiger partial charge in [0, 0.05) is 37.8 Å². The Morgan fingerprint density at radius 2 is 1.95 bits per heavy atom. The van der Waals surface area contributed by atoms with Crippen LogP contribution in [0.2, 0.25) is 0 Å². The third-order valence-electron chi connectivity index (χ3n) is 4.33. The molecule has 118 valence electrons. The first-order valence-electron chi connectivity index (χ1n) is 8.12. The normalized spacial score (nSPS) is 21.7. The molecular weight excluding hydrogens is 260 g/mol. The number of nitrogens with zero attached hydrogens (tertiary/aromatic N) is 1. The second-order valence-corrected chi connectivity index (χ2v) is 6.68. The Hall–Kier alpha value is -1.06. The molecule has 0 aliphatic carbocycles. The Balaban J connectivity index is 2.05. The van der Waals surface area contributed by atoms with Crippen molar-refractivity contribution in [1.82, 2.24) is 5.32 Å². The molecule has 1 heterocycles. The van der Waals surface area contributed by atoms with E-state index >= 15 is 0 Å². The van der Waals surface area contributed by atoms with E-state index in [0.29, 0.717) is 0 Å². The predicted octanol–water partition coefficient (Wildman–Crippen LogP) is 3.15. The number of hydrogen-bond donors (Lipinski definition) is 1. The molecule has 1 saturated heterocycles. The van der Waals surface area contributed by atoms with Gasteiger partial charge < -0.3 is 15.0 Å². The summed E-state index contributed by atoms with van der Waals surface area (Å²) in [5, 5.41) is 3.59. The number of aryl methyl sites for hydroxylation is 2. The molecule has 0 spiro atoms. The van der Waals surface area contributed by atoms with Crippen molar-refractivity contribution in [3.63, 3.8) is 0 Å². The molecule has 0 saturated carbocycles. The van der Waals surface area contributed by atoms with Gasteiger partial charge in [0.15, 0.2) is 0 Å². The number of benzene rings is 1. The number of nitrogens with one attached hydrogen (secondary N) is 1. The second kappa shape index (κ2) is 7.28. The minimum atomic E-state index is 0.252. The van der Waals surface area contributed by atoms with Gasteiger partial charge in [-0.3, -0.25) is 0 Å². The van der Waals surface area contributed by atoms with Crippen LogP contribution in [0.5, 0.6) is 0 Å². The van der Waals surface area contributed by atoms with Crippen LogP contribution in [0.1, 0.15) is 30.9 Å². The van der Waals surface area contributed by atoms with E-state index in [-0.39, 0.29) is 5.41 Å². The summed E-state index contributed by atoms with van der Waals surface area (Å²) in [6.45, 7) is 11.5. The number of anilines is 1. The maximum absolute atomic E-state index is 5.71. The molecule has 2 rings (SSSR count). The van der Waals surface area contributed by atoms with Crippen LogP contribution in [-0.2, 0) is 4.74 Å². The minimum Gasteiger partial charge on any atom is -0.381 e. The quantitative estimate of drug-likeness (QED) is 0.781. The van der Waals surface area contributed by atoms with Gasteiger partial charge in [-0.25, -0.2) is 0 Å². The summed E-state index contributed by atoms with van der Waals surface area (Å²) in [7, 11) is 2.20. The van der Waals surface area contributed by atoms with Crippen molar-refractivity contribution in [3.8, 4) is 0 Å². The van der Waals surface area contributed by atoms with Crippen LogP contribution in [0.3, 0.4) is 0 Å². The van der Waals surface area contributed by atoms with Gasteiger partial charge in [0.2, 0.25) is 0 Å². The molecule has 1 unspecified atom stereocenters. The topological polar surface area (TPSA) is 24.5 Å². The fraction of sp³-hybridized carbons (Fsp3) is 0.667. The highest BCUT2D eigenvalue weighted by atomic mass is 16.5. The van der Waals surface area contributed by atoms with Crippen LogP contribution in [0.4, 0.5) is 5.69 Å². The zero-order valence-electron chi connectivity index (χ0n) is 14.0. The molecule has 1 aromatic rings. The van der Waals surface area contributed by atoms with Gasteiger partial charge in [0.1, 0.15) is 0 Å². The number of rotatable bonds is 7. The monoisotopic (exact) mass is 290 g/mol. The lowest BCUT2D eigenvalue weighted by Gasteiger charge is -2.34. The van der Waals surface area contributed by atoms with Crippen molar-refractivity contribution in [2.45, 2.75) is 33.6 Å². The van der Waals surface area contributed by atoms with E-state index < -0.39 is 0 Å². The SMILES string of the molecule is CCCNCC1(CN(C)c2cc(C)cc(C)c2)CCOC1. The van der Waals surface area contributed by atoms with E-state index in [1.54, 1.807) is 0 Å². The summed E-state index contributed by atoms with van der Waals surface area (Å²) in [6.07, 6.45) is 2.34. The molecule has 1 fully saturated rings. The van der Waals surface area contributed by atoms with Crippen LogP contribution in [0.25, 0.3) is 0 Å². The van der Waals surface area contributed by atoms with Gasteiger partial charge >= 0.3 is 0 Å². The van der Waals surface area contributed by atoms with Gasteiger partial charge in [0.05, 0.1) is 6.61 Å². The van der Waals surface area contributed by atoms with Crippen LogP contribution >= 0.6 is 0 Å². The Morgan fingerprint density at radius 3 is 2.52 bits per heavy atom. The van der Waals surface area contributed by atoms with Gasteiger partial charge in [-0.05, 0) is 56.5 Å². The van der Waals surface area contributed by atoms with Crippen LogP contribution < -0.4 is 10.2 Å². The van der Waals surface area contributed by atoms with Gasteiger partial charge in [-0.1, -0.05) is 13.0 Å². The largest absolute Gasteiger partial charge is 0.381 e. The Morgan fingerprint density at radius 1 is 1.24 bits per heavy atom. The van der Waals surface area contributed by atoms with Gasteiger partial charge in [-0.2, -0.15) is 0 Å². The van der Waals surface area contributed by atoms with Crippen LogP contribution in [0.15, 0.2) is 18.2 Å². The first-order chi connectivity index (χ1) is 10.0. The molecule has 0 aromatic heterocycles. The van der Waals surface area contributed by atoms with Gasteiger partial charge in [0.25, 0.3) is 0 Å². The van der Waals surface area contributed by atoms with Gasteiger partial charge in [-0.15, -0.1) is 0 Å². The molecule has 1 atom stereocenters. The molecule has 1 N–H and O–H groups in total. The fourth-order valence-electron chi connectivity index (χ4n) is 3.27. The summed E-state index contributed by atoms with van der Waals surface area (Å²) >= 11 is 0. The molecule has 3 nitrogen and oxygen atoms in total. The van der Waals surface area contributed by atoms with Crippen molar-refractivity contribution in [2.75, 3.05) is 44.8 Å². The summed E-state index contributed by atoms with van der Waals surface area (Å²) in [4.78, 5) is 2.39. The minimum absolute atomic E-state index is 0.252. The molecule has 1 aliphatic rings. The smallest absolute Gasteiger partial charge is 0.0552 e. The molecule has 0 radical (unpaired) electrons. The first kappa shape index (κ1) is 16.3. The average molecular weight is 290 g/mol. The molecule has 1 aliphatic heterocycles. The highest BCUT2D eigenvalue weighted by Crippen LogP contribution is 2.31. The molecule has 0 bridgehead atoms. The third kappa shape index (κ3) is 4.45. The maximum Gasteiger partial charge on any atom is 0.0552 e. The summed E-state index contributed by atoms with van der Waals surface area (Å²) < 4.78 is 5.71. The lowest BCUT2D eigenvalue weighted by atomic mass is 9.86. The van der Waals surface area contributed by atoms with Crippen molar-refractivity contribution in [3.05, 3.63) is 29.3 Å². The van der Waals surface area contributed by atoms with E-state index in [4.69, 9.17) is 4.74 Å². The molecule has 3 heteroatoms. The van der Waals surface area contributed by atoms with E-state index in [0.717, 1.165) is 39.3 Å². The molecular formula is C18H30N2O. The highest BCUT2D eigenvalue weighted by molar-refractivity contribution is 5.50. The maximum atomic E-state index is 5.71. The summed E-state index contributed by atoms with van der Waals surface area (Å²) in [5.41, 5.74) is 4.23. The Bertz CT molecular complexity index is 432. The van der Waals surface area contributed by atoms with E-state index in [1.165, 1.54) is 23.2 Å². The highest BCUT2D eigenvalue weighted by Gasteiger charge is 2.35. The van der Waals surface area contributed by atoms with Crippen molar-refractivity contribution in [2.24, 2.45) is 5.41 Å². The van der Waals surface area contributed by atoms with Crippen LogP contribution in [0, 0.1) is 19.3 Å². The molecule has 21 heavy (non-hydrogen) atoms. The standard InChI is InChI=1S/C18H30N2O/c1-5-7-19-12-18(6-8-21-14-18)13-20(4)17-10-15(2)9-16(3)11-17/h9-11,19H,5-8,12-14H2,1-4H3. The van der Waals surface area contributed by atoms with Crippen molar-refractivity contribution in [1.29, 1.82) is 0 Å². The lowest BCUT2D eigenvalue weighted by molar-refractivity contribution is 0.152. The number of hydrogen-bond acceptors (Lipinski definition) is 3. The third-order valence-corrected chi connectivity index (χ3v) is 4.33. The average Bonchev–Trinajstić information content (AvgIpc) is 2.86. The lowest BCUT2D eigenvalue weighted by Crippen LogP contribution is -2.44. The van der Waals surface area contributed by atoms with Crippen LogP contribution in [-0.4, -0.2) is 39.9 Å². The van der Waals surface area contributed by atoms with Crippen molar-refractivity contribution < 1.29 is 4.74 Å². The Labute approximate surface area is 129 Å². The Kier molecular flexibility index (Phi) is 5.65.